The van der Waals surface area contributed by atoms with Crippen molar-refractivity contribution < 1.29 is 14.4 Å². The minimum absolute atomic E-state index is 0.0346. The van der Waals surface area contributed by atoms with Crippen LogP contribution in [0.2, 0.25) is 0 Å². The van der Waals surface area contributed by atoms with Crippen LogP contribution in [0.15, 0.2) is 60.7 Å². The highest BCUT2D eigenvalue weighted by atomic mass is 16.2. The van der Waals surface area contributed by atoms with Crippen LogP contribution in [0.4, 0.5) is 4.79 Å². The number of amides is 4. The van der Waals surface area contributed by atoms with Gasteiger partial charge in [0.15, 0.2) is 0 Å². The molecule has 4 N–H and O–H groups in total. The summed E-state index contributed by atoms with van der Waals surface area (Å²) in [6, 6.07) is 18.8. The Morgan fingerprint density at radius 2 is 1.20 bits per heavy atom. The average molecular weight is 482 g/mol. The van der Waals surface area contributed by atoms with Gasteiger partial charge < -0.3 is 21.3 Å². The number of hydrogen-bond donors (Lipinski definition) is 4. The summed E-state index contributed by atoms with van der Waals surface area (Å²) >= 11 is 0. The summed E-state index contributed by atoms with van der Waals surface area (Å²) in [6.07, 6.45) is 0. The highest BCUT2D eigenvalue weighted by Crippen LogP contribution is 2.12. The van der Waals surface area contributed by atoms with Crippen molar-refractivity contribution >= 4 is 17.8 Å². The molecular weight excluding hydrogens is 442 g/mol. The Morgan fingerprint density at radius 3 is 1.60 bits per heavy atom. The van der Waals surface area contributed by atoms with Crippen LogP contribution in [0, 0.1) is 0 Å². The van der Waals surface area contributed by atoms with Crippen molar-refractivity contribution in [2.45, 2.75) is 52.2 Å². The molecule has 0 fully saturated rings. The monoisotopic (exact) mass is 481 g/mol. The van der Waals surface area contributed by atoms with Gasteiger partial charge in [0.25, 0.3) is 0 Å². The van der Waals surface area contributed by atoms with Gasteiger partial charge in [-0.05, 0) is 45.7 Å². The zero-order valence-corrected chi connectivity index (χ0v) is 21.4. The predicted octanol–water partition coefficient (Wildman–Crippen LogP) is 3.14. The largest absolute Gasteiger partial charge is 0.348 e. The summed E-state index contributed by atoms with van der Waals surface area (Å²) in [5.74, 6) is -0.381. The summed E-state index contributed by atoms with van der Waals surface area (Å²) in [5.41, 5.74) is 1.65. The van der Waals surface area contributed by atoms with Gasteiger partial charge in [-0.1, -0.05) is 60.7 Å². The Bertz CT molecular complexity index is 883. The molecule has 0 spiro atoms. The fourth-order valence-electron chi connectivity index (χ4n) is 3.56. The van der Waals surface area contributed by atoms with Gasteiger partial charge in [0.1, 0.15) is 0 Å². The van der Waals surface area contributed by atoms with Crippen LogP contribution < -0.4 is 21.3 Å². The highest BCUT2D eigenvalue weighted by Gasteiger charge is 2.19. The van der Waals surface area contributed by atoms with E-state index in [1.54, 1.807) is 4.90 Å². The highest BCUT2D eigenvalue weighted by molar-refractivity contribution is 5.81. The normalized spacial score (nSPS) is 13.0. The van der Waals surface area contributed by atoms with Crippen molar-refractivity contribution in [2.24, 2.45) is 0 Å². The van der Waals surface area contributed by atoms with Crippen molar-refractivity contribution in [3.8, 4) is 0 Å². The Hall–Kier alpha value is -3.39. The molecule has 0 heterocycles. The number of hydrogen-bond acceptors (Lipinski definition) is 4. The second kappa shape index (κ2) is 13.5. The van der Waals surface area contributed by atoms with E-state index in [1.807, 2.05) is 95.3 Å². The molecule has 190 valence electrons. The smallest absolute Gasteiger partial charge is 0.315 e. The van der Waals surface area contributed by atoms with Crippen molar-refractivity contribution in [3.63, 3.8) is 0 Å². The third kappa shape index (κ3) is 11.1. The lowest BCUT2D eigenvalue weighted by atomic mass is 10.1. The Balaban J connectivity index is 1.95. The topological polar surface area (TPSA) is 103 Å². The van der Waals surface area contributed by atoms with Crippen molar-refractivity contribution in [2.75, 3.05) is 26.2 Å². The molecular formula is C27H39N5O3. The first-order chi connectivity index (χ1) is 16.5. The van der Waals surface area contributed by atoms with E-state index in [1.165, 1.54) is 0 Å². The van der Waals surface area contributed by atoms with Gasteiger partial charge >= 0.3 is 6.03 Å². The van der Waals surface area contributed by atoms with E-state index in [9.17, 15) is 14.4 Å². The van der Waals surface area contributed by atoms with E-state index >= 15 is 0 Å². The van der Waals surface area contributed by atoms with Crippen LogP contribution in [-0.4, -0.2) is 54.5 Å². The zero-order valence-electron chi connectivity index (χ0n) is 21.4. The molecule has 8 nitrogen and oxygen atoms in total. The first-order valence-corrected chi connectivity index (χ1v) is 12.0. The molecule has 0 saturated heterocycles. The first kappa shape index (κ1) is 27.9. The summed E-state index contributed by atoms with van der Waals surface area (Å²) in [5, 5.41) is 11.6. The summed E-state index contributed by atoms with van der Waals surface area (Å²) < 4.78 is 0. The van der Waals surface area contributed by atoms with Crippen LogP contribution in [0.1, 0.15) is 57.8 Å². The Labute approximate surface area is 208 Å². The van der Waals surface area contributed by atoms with Crippen LogP contribution in [0.25, 0.3) is 0 Å². The molecule has 2 aromatic rings. The molecule has 2 rings (SSSR count). The molecule has 8 heteroatoms. The van der Waals surface area contributed by atoms with Crippen LogP contribution in [0.5, 0.6) is 0 Å². The summed E-state index contributed by atoms with van der Waals surface area (Å²) in [4.78, 5) is 39.3. The van der Waals surface area contributed by atoms with Gasteiger partial charge in [0.05, 0.1) is 25.2 Å². The quantitative estimate of drug-likeness (QED) is 0.396. The van der Waals surface area contributed by atoms with E-state index < -0.39 is 0 Å². The molecule has 2 aromatic carbocycles. The number of nitrogens with one attached hydrogen (secondary N) is 4. The first-order valence-electron chi connectivity index (χ1n) is 12.0. The molecule has 0 aliphatic heterocycles. The van der Waals surface area contributed by atoms with E-state index in [0.29, 0.717) is 13.1 Å². The molecule has 4 amide bonds. The molecule has 0 saturated carbocycles. The van der Waals surface area contributed by atoms with E-state index in [0.717, 1.165) is 11.1 Å². The molecule has 0 aliphatic carbocycles. The zero-order chi connectivity index (χ0) is 25.8. The minimum Gasteiger partial charge on any atom is -0.348 e. The van der Waals surface area contributed by atoms with Gasteiger partial charge in [-0.25, -0.2) is 4.79 Å². The summed E-state index contributed by atoms with van der Waals surface area (Å²) in [7, 11) is 0. The molecule has 0 unspecified atom stereocenters. The third-order valence-electron chi connectivity index (χ3n) is 5.29. The number of nitrogens with zero attached hydrogens (tertiary/aromatic N) is 1. The fraction of sp³-hybridized carbons (Fsp3) is 0.444. The maximum Gasteiger partial charge on any atom is 0.315 e. The maximum atomic E-state index is 12.8. The number of benzene rings is 2. The fourth-order valence-corrected chi connectivity index (χ4v) is 3.56. The van der Waals surface area contributed by atoms with Gasteiger partial charge in [-0.2, -0.15) is 0 Å². The third-order valence-corrected chi connectivity index (χ3v) is 5.29. The lowest BCUT2D eigenvalue weighted by Crippen LogP contribution is -2.50. The van der Waals surface area contributed by atoms with Gasteiger partial charge in [0, 0.05) is 18.6 Å². The predicted molar refractivity (Wildman–Crippen MR) is 139 cm³/mol. The molecule has 0 bridgehead atoms. The lowest BCUT2D eigenvalue weighted by Gasteiger charge is -2.25. The number of urea groups is 1. The molecule has 0 aliphatic rings. The Morgan fingerprint density at radius 1 is 0.771 bits per heavy atom. The molecule has 0 aromatic heterocycles. The number of rotatable bonds is 11. The van der Waals surface area contributed by atoms with Gasteiger partial charge in [-0.15, -0.1) is 0 Å². The summed E-state index contributed by atoms with van der Waals surface area (Å²) in [6.45, 7) is 10.2. The Kier molecular flexibility index (Phi) is 10.7. The van der Waals surface area contributed by atoms with Gasteiger partial charge in [0.2, 0.25) is 11.8 Å². The maximum absolute atomic E-state index is 12.8. The van der Waals surface area contributed by atoms with Crippen molar-refractivity contribution in [3.05, 3.63) is 71.8 Å². The standard InChI is InChI=1S/C27H39N5O3/c1-20(22-12-8-6-9-13-22)29-24(33)18-32(17-16-28-26(35)31-27(3,4)5)19-25(34)30-21(2)23-14-10-7-11-15-23/h6-15,20-21H,16-19H2,1-5H3,(H,29,33)(H,30,34)(H2,28,31,35)/t20-,21-/m0/s1. The van der Waals surface area contributed by atoms with Crippen LogP contribution in [-0.2, 0) is 9.59 Å². The molecule has 35 heavy (non-hydrogen) atoms. The number of carbonyl (C=O) groups is 3. The van der Waals surface area contributed by atoms with E-state index in [4.69, 9.17) is 0 Å². The average Bonchev–Trinajstić information content (AvgIpc) is 2.78. The van der Waals surface area contributed by atoms with E-state index in [2.05, 4.69) is 21.3 Å². The van der Waals surface area contributed by atoms with Crippen LogP contribution >= 0.6 is 0 Å². The van der Waals surface area contributed by atoms with Crippen LogP contribution in [0.3, 0.4) is 0 Å². The van der Waals surface area contributed by atoms with Crippen molar-refractivity contribution in [1.82, 2.24) is 26.2 Å². The second-order valence-corrected chi connectivity index (χ2v) is 9.74. The second-order valence-electron chi connectivity index (χ2n) is 9.74. The lowest BCUT2D eigenvalue weighted by molar-refractivity contribution is -0.125. The number of carbonyl (C=O) groups excluding carboxylic acids is 3. The van der Waals surface area contributed by atoms with Crippen molar-refractivity contribution in [1.29, 1.82) is 0 Å². The molecule has 0 radical (unpaired) electrons. The minimum atomic E-state index is -0.356. The molecule has 2 atom stereocenters. The SMILES string of the molecule is C[C@H](NC(=O)CN(CCNC(=O)NC(C)(C)C)CC(=O)N[C@@H](C)c1ccccc1)c1ccccc1. The van der Waals surface area contributed by atoms with Gasteiger partial charge in [-0.3, -0.25) is 14.5 Å². The van der Waals surface area contributed by atoms with E-state index in [-0.39, 0.29) is 48.6 Å².